The van der Waals surface area contributed by atoms with Crippen molar-refractivity contribution < 1.29 is 22.7 Å². The Labute approximate surface area is 186 Å². The summed E-state index contributed by atoms with van der Waals surface area (Å²) in [6.07, 6.45) is 0.182. The summed E-state index contributed by atoms with van der Waals surface area (Å²) < 4.78 is 35.5. The standard InChI is InChI=1S/C22H24N2O5S2/c1-14-4-6-15(7-5-14)10-21(25)23-22-24(18-12-31(26,27)13-20(18)30-22)17-11-16(28-2)8-9-19(17)29-3/h4-9,11,18,20H,10,12-13H2,1-3H3/t18-,20-/m1/s1. The van der Waals surface area contributed by atoms with Crippen LogP contribution in [0.25, 0.3) is 0 Å². The summed E-state index contributed by atoms with van der Waals surface area (Å²) in [7, 11) is -0.0456. The molecular weight excluding hydrogens is 436 g/mol. The lowest BCUT2D eigenvalue weighted by atomic mass is 10.1. The molecule has 0 spiro atoms. The van der Waals surface area contributed by atoms with Crippen LogP contribution in [0.1, 0.15) is 11.1 Å². The summed E-state index contributed by atoms with van der Waals surface area (Å²) in [4.78, 5) is 19.0. The number of ether oxygens (including phenoxy) is 2. The quantitative estimate of drug-likeness (QED) is 0.678. The predicted octanol–water partition coefficient (Wildman–Crippen LogP) is 2.86. The molecule has 2 aromatic carbocycles. The lowest BCUT2D eigenvalue weighted by Crippen LogP contribution is -2.38. The van der Waals surface area contributed by atoms with Crippen LogP contribution in [0.4, 0.5) is 5.69 Å². The van der Waals surface area contributed by atoms with Crippen molar-refractivity contribution in [2.45, 2.75) is 24.6 Å². The number of nitrogens with zero attached hydrogens (tertiary/aromatic N) is 2. The van der Waals surface area contributed by atoms with Crippen molar-refractivity contribution in [2.24, 2.45) is 4.99 Å². The fourth-order valence-electron chi connectivity index (χ4n) is 3.86. The first-order valence-corrected chi connectivity index (χ1v) is 12.5. The van der Waals surface area contributed by atoms with Gasteiger partial charge in [0.05, 0.1) is 43.9 Å². The lowest BCUT2D eigenvalue weighted by molar-refractivity contribution is -0.117. The zero-order chi connectivity index (χ0) is 22.2. The van der Waals surface area contributed by atoms with Crippen molar-refractivity contribution in [1.82, 2.24) is 0 Å². The van der Waals surface area contributed by atoms with Crippen LogP contribution in [0, 0.1) is 6.92 Å². The average molecular weight is 461 g/mol. The summed E-state index contributed by atoms with van der Waals surface area (Å²) >= 11 is 1.34. The molecule has 0 N–H and O–H groups in total. The zero-order valence-electron chi connectivity index (χ0n) is 17.6. The van der Waals surface area contributed by atoms with E-state index in [0.717, 1.165) is 11.1 Å². The van der Waals surface area contributed by atoms with E-state index in [1.54, 1.807) is 32.4 Å². The second-order valence-corrected chi connectivity index (χ2v) is 11.0. The molecule has 2 saturated heterocycles. The zero-order valence-corrected chi connectivity index (χ0v) is 19.2. The van der Waals surface area contributed by atoms with Gasteiger partial charge in [-0.25, -0.2) is 8.42 Å². The Morgan fingerprint density at radius 3 is 2.55 bits per heavy atom. The van der Waals surface area contributed by atoms with E-state index >= 15 is 0 Å². The van der Waals surface area contributed by atoms with Crippen LogP contribution in [-0.2, 0) is 21.1 Å². The lowest BCUT2D eigenvalue weighted by Gasteiger charge is -2.26. The molecular formula is C22H24N2O5S2. The molecule has 0 radical (unpaired) electrons. The van der Waals surface area contributed by atoms with E-state index in [1.807, 2.05) is 36.1 Å². The SMILES string of the molecule is COc1ccc(OC)c(N2C(=NC(=O)Cc3ccc(C)cc3)S[C@@H]3CS(=O)(=O)C[C@H]32)c1. The van der Waals surface area contributed by atoms with Crippen LogP contribution in [0.5, 0.6) is 11.5 Å². The number of amides is 1. The summed E-state index contributed by atoms with van der Waals surface area (Å²) in [5.74, 6) is 0.966. The van der Waals surface area contributed by atoms with Crippen LogP contribution >= 0.6 is 11.8 Å². The predicted molar refractivity (Wildman–Crippen MR) is 123 cm³/mol. The largest absolute Gasteiger partial charge is 0.497 e. The molecule has 2 fully saturated rings. The topological polar surface area (TPSA) is 85.3 Å². The van der Waals surface area contributed by atoms with Crippen molar-refractivity contribution >= 4 is 38.4 Å². The van der Waals surface area contributed by atoms with E-state index in [2.05, 4.69) is 4.99 Å². The minimum absolute atomic E-state index is 0.0101. The van der Waals surface area contributed by atoms with Gasteiger partial charge in [0.1, 0.15) is 11.5 Å². The van der Waals surface area contributed by atoms with Gasteiger partial charge < -0.3 is 14.4 Å². The first kappa shape index (κ1) is 21.7. The fourth-order valence-corrected chi connectivity index (χ4v) is 7.78. The van der Waals surface area contributed by atoms with Crippen molar-refractivity contribution in [3.05, 3.63) is 53.6 Å². The smallest absolute Gasteiger partial charge is 0.252 e. The number of sulfone groups is 1. The van der Waals surface area contributed by atoms with Gasteiger partial charge in [0, 0.05) is 11.3 Å². The molecule has 2 atom stereocenters. The van der Waals surface area contributed by atoms with Gasteiger partial charge in [-0.3, -0.25) is 4.79 Å². The monoisotopic (exact) mass is 460 g/mol. The number of thioether (sulfide) groups is 1. The Morgan fingerprint density at radius 1 is 1.13 bits per heavy atom. The molecule has 1 amide bonds. The molecule has 2 heterocycles. The first-order chi connectivity index (χ1) is 14.8. The van der Waals surface area contributed by atoms with E-state index in [4.69, 9.17) is 9.47 Å². The second kappa shape index (κ2) is 8.55. The number of fused-ring (bicyclic) bond motifs is 1. The number of methoxy groups -OCH3 is 2. The molecule has 2 aliphatic heterocycles. The molecule has 2 aliphatic rings. The second-order valence-electron chi connectivity index (χ2n) is 7.66. The molecule has 31 heavy (non-hydrogen) atoms. The number of hydrogen-bond donors (Lipinski definition) is 0. The average Bonchev–Trinajstić information content (AvgIpc) is 3.19. The van der Waals surface area contributed by atoms with Crippen molar-refractivity contribution in [3.8, 4) is 11.5 Å². The van der Waals surface area contributed by atoms with E-state index < -0.39 is 9.84 Å². The van der Waals surface area contributed by atoms with Crippen molar-refractivity contribution in [1.29, 1.82) is 0 Å². The Kier molecular flexibility index (Phi) is 5.98. The minimum Gasteiger partial charge on any atom is -0.497 e. The maximum Gasteiger partial charge on any atom is 0.252 e. The number of hydrogen-bond acceptors (Lipinski definition) is 6. The molecule has 4 rings (SSSR count). The van der Waals surface area contributed by atoms with E-state index in [1.165, 1.54) is 11.8 Å². The van der Waals surface area contributed by atoms with Gasteiger partial charge in [0.2, 0.25) is 0 Å². The molecule has 7 nitrogen and oxygen atoms in total. The number of aliphatic imine (C=N–C) groups is 1. The third-order valence-electron chi connectivity index (χ3n) is 5.41. The number of carbonyl (C=O) groups is 1. The Morgan fingerprint density at radius 2 is 1.87 bits per heavy atom. The first-order valence-electron chi connectivity index (χ1n) is 9.85. The van der Waals surface area contributed by atoms with Gasteiger partial charge in [0.25, 0.3) is 5.91 Å². The van der Waals surface area contributed by atoms with Crippen LogP contribution in [0.3, 0.4) is 0 Å². The van der Waals surface area contributed by atoms with Crippen molar-refractivity contribution in [3.63, 3.8) is 0 Å². The summed E-state index contributed by atoms with van der Waals surface area (Å²) in [6.45, 7) is 1.99. The third kappa shape index (κ3) is 4.57. The van der Waals surface area contributed by atoms with Gasteiger partial charge in [-0.15, -0.1) is 0 Å². The number of aryl methyl sites for hydroxylation is 1. The molecule has 0 aliphatic carbocycles. The number of carbonyl (C=O) groups excluding carboxylic acids is 1. The summed E-state index contributed by atoms with van der Waals surface area (Å²) in [5, 5.41) is 0.306. The maximum atomic E-state index is 12.8. The van der Waals surface area contributed by atoms with E-state index in [9.17, 15) is 13.2 Å². The fraction of sp³-hybridized carbons (Fsp3) is 0.364. The Balaban J connectivity index is 1.70. The van der Waals surface area contributed by atoms with Gasteiger partial charge in [0.15, 0.2) is 15.0 Å². The number of rotatable bonds is 5. The van der Waals surface area contributed by atoms with Crippen LogP contribution < -0.4 is 14.4 Å². The highest BCUT2D eigenvalue weighted by Gasteiger charge is 2.50. The normalized spacial score (nSPS) is 23.1. The molecule has 0 aromatic heterocycles. The Hall–Kier alpha value is -2.52. The molecule has 2 aromatic rings. The number of anilines is 1. The highest BCUT2D eigenvalue weighted by Crippen LogP contribution is 2.45. The van der Waals surface area contributed by atoms with Gasteiger partial charge in [-0.1, -0.05) is 41.6 Å². The molecule has 0 saturated carbocycles. The summed E-state index contributed by atoms with van der Waals surface area (Å²) in [6, 6.07) is 12.8. The third-order valence-corrected chi connectivity index (χ3v) is 8.62. The van der Waals surface area contributed by atoms with Crippen LogP contribution in [0.2, 0.25) is 0 Å². The van der Waals surface area contributed by atoms with Crippen LogP contribution in [0.15, 0.2) is 47.5 Å². The summed E-state index contributed by atoms with van der Waals surface area (Å²) in [5.41, 5.74) is 2.65. The van der Waals surface area contributed by atoms with Gasteiger partial charge in [-0.2, -0.15) is 4.99 Å². The number of benzene rings is 2. The van der Waals surface area contributed by atoms with Crippen molar-refractivity contribution in [2.75, 3.05) is 30.6 Å². The Bertz CT molecular complexity index is 1130. The van der Waals surface area contributed by atoms with E-state index in [-0.39, 0.29) is 35.1 Å². The van der Waals surface area contributed by atoms with Gasteiger partial charge >= 0.3 is 0 Å². The molecule has 9 heteroatoms. The molecule has 0 bridgehead atoms. The molecule has 0 unspecified atom stereocenters. The molecule has 164 valence electrons. The highest BCUT2D eigenvalue weighted by atomic mass is 32.2. The van der Waals surface area contributed by atoms with Gasteiger partial charge in [-0.05, 0) is 24.6 Å². The highest BCUT2D eigenvalue weighted by molar-refractivity contribution is 8.16. The van der Waals surface area contributed by atoms with Crippen LogP contribution in [-0.4, -0.2) is 56.5 Å². The maximum absolute atomic E-state index is 12.8. The number of amidine groups is 1. The minimum atomic E-state index is -3.16. The van der Waals surface area contributed by atoms with E-state index in [0.29, 0.717) is 22.4 Å².